The van der Waals surface area contributed by atoms with E-state index in [4.69, 9.17) is 0 Å². The molecular weight excluding hydrogens is 410 g/mol. The standard InChI is InChI=1S/C27H33N5O/c1-31(27(17-33)21-5-3-2-4-6-21)23-11-8-20(9-12-23)7-10-22-16-28-26-14-13-24(15-25(22)26)32-18-29-30-19-32/h2-6,13-16,18-20,23,27-28,33H,7-12,17H2,1H3/t20-,23+,27-/m0/s1. The third-order valence-corrected chi connectivity index (χ3v) is 7.53. The Morgan fingerprint density at radius 2 is 1.82 bits per heavy atom. The topological polar surface area (TPSA) is 70.0 Å². The Bertz CT molecular complexity index is 1150. The van der Waals surface area contributed by atoms with E-state index in [2.05, 4.69) is 75.8 Å². The minimum atomic E-state index is 0.0823. The third kappa shape index (κ3) is 4.72. The Morgan fingerprint density at radius 3 is 2.55 bits per heavy atom. The fourth-order valence-corrected chi connectivity index (χ4v) is 5.47. The number of aromatic amines is 1. The number of H-pyrrole nitrogens is 1. The maximum Gasteiger partial charge on any atom is 0.123 e. The van der Waals surface area contributed by atoms with Crippen LogP contribution < -0.4 is 0 Å². The zero-order chi connectivity index (χ0) is 22.6. The van der Waals surface area contributed by atoms with Gasteiger partial charge in [-0.05, 0) is 80.8 Å². The van der Waals surface area contributed by atoms with Gasteiger partial charge in [-0.2, -0.15) is 0 Å². The molecule has 0 bridgehead atoms. The molecule has 6 nitrogen and oxygen atoms in total. The summed E-state index contributed by atoms with van der Waals surface area (Å²) in [6.45, 7) is 0.165. The monoisotopic (exact) mass is 443 g/mol. The van der Waals surface area contributed by atoms with E-state index in [-0.39, 0.29) is 12.6 Å². The van der Waals surface area contributed by atoms with Crippen molar-refractivity contribution in [2.24, 2.45) is 5.92 Å². The van der Waals surface area contributed by atoms with Crippen LogP contribution in [-0.2, 0) is 6.42 Å². The summed E-state index contributed by atoms with van der Waals surface area (Å²) in [7, 11) is 2.18. The first-order chi connectivity index (χ1) is 16.2. The van der Waals surface area contributed by atoms with Crippen molar-refractivity contribution >= 4 is 10.9 Å². The van der Waals surface area contributed by atoms with E-state index < -0.39 is 0 Å². The largest absolute Gasteiger partial charge is 0.394 e. The Balaban J connectivity index is 1.18. The molecule has 0 amide bonds. The lowest BCUT2D eigenvalue weighted by atomic mass is 9.81. The predicted molar refractivity (Wildman–Crippen MR) is 131 cm³/mol. The van der Waals surface area contributed by atoms with E-state index >= 15 is 0 Å². The fourth-order valence-electron chi connectivity index (χ4n) is 5.47. The van der Waals surface area contributed by atoms with Crippen molar-refractivity contribution in [1.29, 1.82) is 0 Å². The average molecular weight is 444 g/mol. The molecule has 1 atom stereocenters. The van der Waals surface area contributed by atoms with Crippen LogP contribution in [-0.4, -0.2) is 49.5 Å². The lowest BCUT2D eigenvalue weighted by Crippen LogP contribution is -2.39. The molecule has 0 spiro atoms. The van der Waals surface area contributed by atoms with Crippen LogP contribution in [0.5, 0.6) is 0 Å². The van der Waals surface area contributed by atoms with Gasteiger partial charge in [-0.25, -0.2) is 0 Å². The number of aryl methyl sites for hydroxylation is 1. The SMILES string of the molecule is CN([C@H]1CC[C@@H](CCc2c[nH]c3ccc(-n4cnnc4)cc23)CC1)[C@@H](CO)c1ccccc1. The zero-order valence-electron chi connectivity index (χ0n) is 19.3. The van der Waals surface area contributed by atoms with Gasteiger partial charge in [-0.1, -0.05) is 30.3 Å². The molecular formula is C27H33N5O. The Morgan fingerprint density at radius 1 is 1.06 bits per heavy atom. The highest BCUT2D eigenvalue weighted by Gasteiger charge is 2.28. The molecule has 1 saturated carbocycles. The molecule has 1 aliphatic rings. The maximum absolute atomic E-state index is 10.0. The lowest BCUT2D eigenvalue weighted by Gasteiger charge is -2.39. The zero-order valence-corrected chi connectivity index (χ0v) is 19.3. The molecule has 1 aliphatic carbocycles. The van der Waals surface area contributed by atoms with Crippen LogP contribution in [0.4, 0.5) is 0 Å². The second kappa shape index (κ2) is 9.89. The molecule has 2 heterocycles. The van der Waals surface area contributed by atoms with E-state index in [0.29, 0.717) is 6.04 Å². The summed E-state index contributed by atoms with van der Waals surface area (Å²) in [5.41, 5.74) is 4.87. The summed E-state index contributed by atoms with van der Waals surface area (Å²) in [6, 6.07) is 17.5. The summed E-state index contributed by atoms with van der Waals surface area (Å²) in [5, 5.41) is 19.2. The highest BCUT2D eigenvalue weighted by molar-refractivity contribution is 5.85. The molecule has 0 unspecified atom stereocenters. The lowest BCUT2D eigenvalue weighted by molar-refractivity contribution is 0.0788. The molecule has 2 aromatic heterocycles. The molecule has 1 fully saturated rings. The Hall–Kier alpha value is -2.96. The van der Waals surface area contributed by atoms with Crippen LogP contribution in [0.15, 0.2) is 67.4 Å². The van der Waals surface area contributed by atoms with Crippen LogP contribution >= 0.6 is 0 Å². The van der Waals surface area contributed by atoms with Crippen molar-refractivity contribution in [3.63, 3.8) is 0 Å². The molecule has 172 valence electrons. The molecule has 33 heavy (non-hydrogen) atoms. The van der Waals surface area contributed by atoms with Crippen LogP contribution in [0.2, 0.25) is 0 Å². The van der Waals surface area contributed by atoms with Crippen molar-refractivity contribution in [3.05, 3.63) is 78.5 Å². The minimum Gasteiger partial charge on any atom is -0.394 e. The number of fused-ring (bicyclic) bond motifs is 1. The normalized spacial score (nSPS) is 19.8. The third-order valence-electron chi connectivity index (χ3n) is 7.53. The predicted octanol–water partition coefficient (Wildman–Crippen LogP) is 4.91. The van der Waals surface area contributed by atoms with Gasteiger partial charge in [-0.3, -0.25) is 9.47 Å². The summed E-state index contributed by atoms with van der Waals surface area (Å²) in [4.78, 5) is 5.83. The quantitative estimate of drug-likeness (QED) is 0.406. The Labute approximate surface area is 195 Å². The summed E-state index contributed by atoms with van der Waals surface area (Å²) < 4.78 is 1.95. The summed E-state index contributed by atoms with van der Waals surface area (Å²) in [6.07, 6.45) is 12.9. The molecule has 2 N–H and O–H groups in total. The summed E-state index contributed by atoms with van der Waals surface area (Å²) >= 11 is 0. The molecule has 6 heteroatoms. The first-order valence-corrected chi connectivity index (χ1v) is 12.1. The number of aliphatic hydroxyl groups excluding tert-OH is 1. The van der Waals surface area contributed by atoms with Gasteiger partial charge in [0.25, 0.3) is 0 Å². The smallest absolute Gasteiger partial charge is 0.123 e. The van der Waals surface area contributed by atoms with Gasteiger partial charge in [0, 0.05) is 28.8 Å². The fraction of sp³-hybridized carbons (Fsp3) is 0.407. The van der Waals surface area contributed by atoms with E-state index in [1.165, 1.54) is 54.1 Å². The highest BCUT2D eigenvalue weighted by Crippen LogP contribution is 2.34. The number of benzene rings is 2. The molecule has 2 aromatic carbocycles. The first kappa shape index (κ1) is 21.9. The molecule has 0 saturated heterocycles. The van der Waals surface area contributed by atoms with E-state index in [0.717, 1.165) is 18.0 Å². The van der Waals surface area contributed by atoms with Gasteiger partial charge in [0.15, 0.2) is 0 Å². The van der Waals surface area contributed by atoms with Crippen LogP contribution in [0.25, 0.3) is 16.6 Å². The molecule has 5 rings (SSSR count). The molecule has 0 aliphatic heterocycles. The number of rotatable bonds is 8. The van der Waals surface area contributed by atoms with Crippen molar-refractivity contribution < 1.29 is 5.11 Å². The number of nitrogens with zero attached hydrogens (tertiary/aromatic N) is 4. The number of hydrogen-bond acceptors (Lipinski definition) is 4. The van der Waals surface area contributed by atoms with Gasteiger partial charge in [0.05, 0.1) is 12.6 Å². The number of nitrogens with one attached hydrogen (secondary N) is 1. The van der Waals surface area contributed by atoms with Crippen molar-refractivity contribution in [2.45, 2.75) is 50.6 Å². The van der Waals surface area contributed by atoms with E-state index in [1.54, 1.807) is 12.7 Å². The van der Waals surface area contributed by atoms with Crippen LogP contribution in [0.1, 0.15) is 49.3 Å². The number of aliphatic hydroxyl groups is 1. The van der Waals surface area contributed by atoms with E-state index in [9.17, 15) is 5.11 Å². The number of likely N-dealkylation sites (N-methyl/N-ethyl adjacent to an activating group) is 1. The highest BCUT2D eigenvalue weighted by atomic mass is 16.3. The number of aromatic nitrogens is 4. The van der Waals surface area contributed by atoms with Crippen LogP contribution in [0, 0.1) is 5.92 Å². The molecule has 4 aromatic rings. The maximum atomic E-state index is 10.0. The minimum absolute atomic E-state index is 0.0823. The second-order valence-electron chi connectivity index (χ2n) is 9.40. The molecule has 0 radical (unpaired) electrons. The van der Waals surface area contributed by atoms with E-state index in [1.807, 2.05) is 10.6 Å². The second-order valence-corrected chi connectivity index (χ2v) is 9.40. The van der Waals surface area contributed by atoms with Crippen molar-refractivity contribution in [1.82, 2.24) is 24.6 Å². The average Bonchev–Trinajstić information content (AvgIpc) is 3.54. The number of hydrogen-bond donors (Lipinski definition) is 2. The van der Waals surface area contributed by atoms with Gasteiger partial charge in [0.1, 0.15) is 12.7 Å². The first-order valence-electron chi connectivity index (χ1n) is 12.1. The van der Waals surface area contributed by atoms with Crippen molar-refractivity contribution in [2.75, 3.05) is 13.7 Å². The van der Waals surface area contributed by atoms with Gasteiger partial charge >= 0.3 is 0 Å². The van der Waals surface area contributed by atoms with Gasteiger partial charge in [0.2, 0.25) is 0 Å². The summed E-state index contributed by atoms with van der Waals surface area (Å²) in [5.74, 6) is 0.768. The van der Waals surface area contributed by atoms with Crippen molar-refractivity contribution in [3.8, 4) is 5.69 Å². The van der Waals surface area contributed by atoms with Gasteiger partial charge in [-0.15, -0.1) is 10.2 Å². The Kier molecular flexibility index (Phi) is 6.55. The van der Waals surface area contributed by atoms with Crippen LogP contribution in [0.3, 0.4) is 0 Å². The van der Waals surface area contributed by atoms with Gasteiger partial charge < -0.3 is 10.1 Å².